The van der Waals surface area contributed by atoms with Gasteiger partial charge in [-0.2, -0.15) is 0 Å². The fourth-order valence-electron chi connectivity index (χ4n) is 2.32. The summed E-state index contributed by atoms with van der Waals surface area (Å²) in [6.45, 7) is 0. The molecule has 0 fully saturated rings. The van der Waals surface area contributed by atoms with Gasteiger partial charge in [0.1, 0.15) is 0 Å². The Labute approximate surface area is 144 Å². The number of thiazole rings is 1. The quantitative estimate of drug-likeness (QED) is 0.711. The molecule has 3 rings (SSSR count). The van der Waals surface area contributed by atoms with E-state index in [-0.39, 0.29) is 6.03 Å². The van der Waals surface area contributed by atoms with Gasteiger partial charge in [0.25, 0.3) is 0 Å². The highest BCUT2D eigenvalue weighted by atomic mass is 32.1. The van der Waals surface area contributed by atoms with Crippen molar-refractivity contribution in [3.05, 3.63) is 59.1 Å². The molecule has 6 heteroatoms. The third-order valence-corrected chi connectivity index (χ3v) is 4.83. The van der Waals surface area contributed by atoms with Crippen LogP contribution in [-0.4, -0.2) is 30.2 Å². The Hall–Kier alpha value is -2.44. The molecule has 5 nitrogen and oxygen atoms in total. The van der Waals surface area contributed by atoms with Crippen LogP contribution in [-0.2, 0) is 17.7 Å². The molecule has 1 N–H and O–H groups in total. The molecule has 0 spiro atoms. The van der Waals surface area contributed by atoms with Crippen molar-refractivity contribution < 1.29 is 9.63 Å². The summed E-state index contributed by atoms with van der Waals surface area (Å²) in [5, 5.41) is 5.05. The third kappa shape index (κ3) is 3.90. The number of hydrogen-bond acceptors (Lipinski definition) is 4. The van der Waals surface area contributed by atoms with Crippen molar-refractivity contribution in [2.75, 3.05) is 19.5 Å². The number of hydrogen-bond donors (Lipinski definition) is 1. The number of anilines is 1. The molecule has 0 aliphatic heterocycles. The number of benzene rings is 2. The molecule has 0 aliphatic carbocycles. The summed E-state index contributed by atoms with van der Waals surface area (Å²) in [6.07, 6.45) is 1.84. The number of fused-ring (bicyclic) bond motifs is 1. The van der Waals surface area contributed by atoms with E-state index in [2.05, 4.69) is 16.4 Å². The molecule has 124 valence electrons. The number of rotatable bonds is 5. The second kappa shape index (κ2) is 7.42. The normalized spacial score (nSPS) is 10.8. The largest absolute Gasteiger partial charge is 0.345 e. The van der Waals surface area contributed by atoms with Crippen molar-refractivity contribution in [3.8, 4) is 0 Å². The Kier molecular flexibility index (Phi) is 5.08. The van der Waals surface area contributed by atoms with E-state index in [4.69, 9.17) is 4.84 Å². The van der Waals surface area contributed by atoms with Gasteiger partial charge < -0.3 is 5.32 Å². The molecule has 3 aromatic rings. The fraction of sp³-hybridized carbons (Fsp3) is 0.222. The van der Waals surface area contributed by atoms with Gasteiger partial charge in [-0.1, -0.05) is 24.3 Å². The van der Waals surface area contributed by atoms with Gasteiger partial charge in [0, 0.05) is 19.2 Å². The topological polar surface area (TPSA) is 54.5 Å². The molecule has 0 aliphatic rings. The number of urea groups is 1. The molecule has 1 aromatic heterocycles. The van der Waals surface area contributed by atoms with Gasteiger partial charge >= 0.3 is 6.03 Å². The van der Waals surface area contributed by atoms with E-state index in [1.165, 1.54) is 17.4 Å². The van der Waals surface area contributed by atoms with Crippen molar-refractivity contribution in [2.45, 2.75) is 12.8 Å². The predicted octanol–water partition coefficient (Wildman–Crippen LogP) is 4.11. The van der Waals surface area contributed by atoms with E-state index in [9.17, 15) is 4.79 Å². The highest BCUT2D eigenvalue weighted by Crippen LogP contribution is 2.23. The highest BCUT2D eigenvalue weighted by Gasteiger charge is 2.08. The minimum atomic E-state index is -0.306. The number of nitrogens with zero attached hydrogens (tertiary/aromatic N) is 2. The lowest BCUT2D eigenvalue weighted by Crippen LogP contribution is -2.30. The number of aromatic nitrogens is 1. The number of amides is 2. The number of nitrogens with one attached hydrogen (secondary N) is 1. The van der Waals surface area contributed by atoms with Crippen LogP contribution in [0.25, 0.3) is 10.2 Å². The number of hydroxylamine groups is 2. The van der Waals surface area contributed by atoms with Crippen LogP contribution in [0.15, 0.2) is 48.5 Å². The lowest BCUT2D eigenvalue weighted by molar-refractivity contribution is -0.0598. The van der Waals surface area contributed by atoms with Crippen LogP contribution >= 0.6 is 11.3 Å². The molecular weight excluding hydrogens is 322 g/mol. The summed E-state index contributed by atoms with van der Waals surface area (Å²) in [4.78, 5) is 21.2. The minimum Gasteiger partial charge on any atom is -0.306 e. The highest BCUT2D eigenvalue weighted by molar-refractivity contribution is 7.18. The molecule has 2 aromatic carbocycles. The summed E-state index contributed by atoms with van der Waals surface area (Å²) in [6, 6.07) is 15.7. The second-order valence-electron chi connectivity index (χ2n) is 5.38. The molecule has 0 atom stereocenters. The van der Waals surface area contributed by atoms with Gasteiger partial charge in [-0.15, -0.1) is 11.3 Å². The molecule has 0 bridgehead atoms. The molecule has 0 radical (unpaired) electrons. The van der Waals surface area contributed by atoms with Crippen molar-refractivity contribution in [3.63, 3.8) is 0 Å². The Morgan fingerprint density at radius 1 is 1.17 bits per heavy atom. The van der Waals surface area contributed by atoms with Crippen LogP contribution in [0.3, 0.4) is 0 Å². The first-order valence-electron chi connectivity index (χ1n) is 7.68. The van der Waals surface area contributed by atoms with Crippen LogP contribution in [0.2, 0.25) is 0 Å². The summed E-state index contributed by atoms with van der Waals surface area (Å²) < 4.78 is 1.23. The lowest BCUT2D eigenvalue weighted by atomic mass is 10.1. The van der Waals surface area contributed by atoms with E-state index in [0.29, 0.717) is 0 Å². The maximum absolute atomic E-state index is 11.7. The second-order valence-corrected chi connectivity index (χ2v) is 6.50. The summed E-state index contributed by atoms with van der Waals surface area (Å²) in [5.74, 6) is 0. The fourth-order valence-corrected chi connectivity index (χ4v) is 3.28. The van der Waals surface area contributed by atoms with E-state index in [0.717, 1.165) is 34.1 Å². The van der Waals surface area contributed by atoms with Gasteiger partial charge in [-0.3, -0.25) is 4.84 Å². The number of carbonyl (C=O) groups excluding carboxylic acids is 1. The van der Waals surface area contributed by atoms with Crippen LogP contribution in [0.5, 0.6) is 0 Å². The van der Waals surface area contributed by atoms with Crippen molar-refractivity contribution in [1.29, 1.82) is 0 Å². The predicted molar refractivity (Wildman–Crippen MR) is 97.3 cm³/mol. The van der Waals surface area contributed by atoms with Gasteiger partial charge in [0.2, 0.25) is 0 Å². The van der Waals surface area contributed by atoms with Crippen molar-refractivity contribution >= 4 is 33.3 Å². The van der Waals surface area contributed by atoms with Crippen LogP contribution in [0.4, 0.5) is 10.5 Å². The average Bonchev–Trinajstić information content (AvgIpc) is 3.03. The average molecular weight is 341 g/mol. The first kappa shape index (κ1) is 16.4. The van der Waals surface area contributed by atoms with Crippen LogP contribution < -0.4 is 5.32 Å². The Morgan fingerprint density at radius 2 is 1.92 bits per heavy atom. The minimum absolute atomic E-state index is 0.306. The molecule has 1 heterocycles. The first-order chi connectivity index (χ1) is 11.7. The summed E-state index contributed by atoms with van der Waals surface area (Å²) in [5.41, 5.74) is 3.03. The zero-order valence-corrected chi connectivity index (χ0v) is 14.5. The van der Waals surface area contributed by atoms with E-state index in [1.54, 1.807) is 18.4 Å². The molecular formula is C18H19N3O2S. The number of para-hydroxylation sites is 1. The zero-order valence-electron chi connectivity index (χ0n) is 13.7. The molecule has 0 saturated heterocycles. The standard InChI is InChI=1S/C18H19N3O2S/c1-21(23-2)18(22)19-14-10-7-13(8-11-14)9-12-17-20-15-5-3-4-6-16(15)24-17/h3-8,10-11H,9,12H2,1-2H3,(H,19,22). The lowest BCUT2D eigenvalue weighted by Gasteiger charge is -2.14. The Morgan fingerprint density at radius 3 is 2.62 bits per heavy atom. The summed E-state index contributed by atoms with van der Waals surface area (Å²) in [7, 11) is 3.01. The number of aryl methyl sites for hydroxylation is 2. The SMILES string of the molecule is CON(C)C(=O)Nc1ccc(CCc2nc3ccccc3s2)cc1. The number of carbonyl (C=O) groups is 1. The van der Waals surface area contributed by atoms with Gasteiger partial charge in [-0.25, -0.2) is 14.8 Å². The zero-order chi connectivity index (χ0) is 16.9. The van der Waals surface area contributed by atoms with Crippen LogP contribution in [0.1, 0.15) is 10.6 Å². The van der Waals surface area contributed by atoms with Gasteiger partial charge in [-0.05, 0) is 36.2 Å². The van der Waals surface area contributed by atoms with Gasteiger partial charge in [0.05, 0.1) is 22.3 Å². The smallest absolute Gasteiger partial charge is 0.306 e. The molecule has 24 heavy (non-hydrogen) atoms. The van der Waals surface area contributed by atoms with Crippen molar-refractivity contribution in [2.24, 2.45) is 0 Å². The van der Waals surface area contributed by atoms with E-state index < -0.39 is 0 Å². The van der Waals surface area contributed by atoms with Gasteiger partial charge in [0.15, 0.2) is 0 Å². The Bertz CT molecular complexity index is 797. The molecule has 0 unspecified atom stereocenters. The van der Waals surface area contributed by atoms with E-state index >= 15 is 0 Å². The van der Waals surface area contributed by atoms with E-state index in [1.807, 2.05) is 42.5 Å². The maximum atomic E-state index is 11.7. The van der Waals surface area contributed by atoms with Crippen LogP contribution in [0, 0.1) is 0 Å². The first-order valence-corrected chi connectivity index (χ1v) is 8.49. The maximum Gasteiger partial charge on any atom is 0.345 e. The molecule has 0 saturated carbocycles. The summed E-state index contributed by atoms with van der Waals surface area (Å²) >= 11 is 1.75. The Balaban J connectivity index is 1.59. The molecule has 2 amide bonds. The monoisotopic (exact) mass is 341 g/mol. The van der Waals surface area contributed by atoms with Crippen molar-refractivity contribution in [1.82, 2.24) is 10.0 Å². The third-order valence-electron chi connectivity index (χ3n) is 3.73.